The Morgan fingerprint density at radius 1 is 1.27 bits per heavy atom. The molecule has 0 radical (unpaired) electrons. The van der Waals surface area contributed by atoms with E-state index in [0.717, 1.165) is 23.4 Å². The number of carbonyl (C=O) groups excluding carboxylic acids is 2. The van der Waals surface area contributed by atoms with Crippen LogP contribution in [-0.4, -0.2) is 44.9 Å². The van der Waals surface area contributed by atoms with E-state index in [1.807, 2.05) is 36.6 Å². The zero-order chi connectivity index (χ0) is 20.9. The van der Waals surface area contributed by atoms with E-state index in [1.165, 1.54) is 11.3 Å². The highest BCUT2D eigenvalue weighted by atomic mass is 32.1. The molecule has 1 unspecified atom stereocenters. The van der Waals surface area contributed by atoms with Crippen LogP contribution in [0.4, 0.5) is 5.82 Å². The van der Waals surface area contributed by atoms with Crippen LogP contribution in [0.25, 0.3) is 10.7 Å². The lowest BCUT2D eigenvalue weighted by Gasteiger charge is -2.32. The predicted octanol–water partition coefficient (Wildman–Crippen LogP) is 3.31. The molecule has 0 aromatic carbocycles. The first-order chi connectivity index (χ1) is 14.6. The third-order valence-corrected chi connectivity index (χ3v) is 5.91. The van der Waals surface area contributed by atoms with Gasteiger partial charge in [0.05, 0.1) is 10.8 Å². The number of nitrogens with zero attached hydrogens (tertiary/aromatic N) is 4. The van der Waals surface area contributed by atoms with E-state index in [0.29, 0.717) is 37.0 Å². The Hall–Kier alpha value is -3.07. The molecule has 0 saturated carbocycles. The quantitative estimate of drug-likeness (QED) is 0.650. The first-order valence-electron chi connectivity index (χ1n) is 9.97. The Labute approximate surface area is 178 Å². The van der Waals surface area contributed by atoms with Crippen LogP contribution in [-0.2, 0) is 16.0 Å². The summed E-state index contributed by atoms with van der Waals surface area (Å²) in [7, 11) is 0. The minimum Gasteiger partial charge on any atom is -0.342 e. The Kier molecular flexibility index (Phi) is 6.18. The van der Waals surface area contributed by atoms with Gasteiger partial charge in [0, 0.05) is 31.6 Å². The van der Waals surface area contributed by atoms with Gasteiger partial charge >= 0.3 is 0 Å². The van der Waals surface area contributed by atoms with Crippen molar-refractivity contribution in [1.29, 1.82) is 0 Å². The van der Waals surface area contributed by atoms with Crippen LogP contribution in [0.3, 0.4) is 0 Å². The van der Waals surface area contributed by atoms with Crippen molar-refractivity contribution in [3.05, 3.63) is 47.3 Å². The molecule has 0 bridgehead atoms. The Morgan fingerprint density at radius 2 is 2.17 bits per heavy atom. The number of pyridine rings is 1. The third-order valence-electron chi connectivity index (χ3n) is 5.05. The summed E-state index contributed by atoms with van der Waals surface area (Å²) in [5.74, 6) is 1.20. The molecule has 30 heavy (non-hydrogen) atoms. The fourth-order valence-electron chi connectivity index (χ4n) is 3.49. The van der Waals surface area contributed by atoms with E-state index in [2.05, 4.69) is 20.4 Å². The molecule has 2 amide bonds. The monoisotopic (exact) mass is 425 g/mol. The summed E-state index contributed by atoms with van der Waals surface area (Å²) in [6.07, 6.45) is 2.22. The first-order valence-corrected chi connectivity index (χ1v) is 10.9. The predicted molar refractivity (Wildman–Crippen MR) is 113 cm³/mol. The number of hydrogen-bond donors (Lipinski definition) is 1. The highest BCUT2D eigenvalue weighted by Gasteiger charge is 2.28. The van der Waals surface area contributed by atoms with E-state index in [4.69, 9.17) is 4.52 Å². The number of aromatic nitrogens is 3. The molecule has 156 valence electrons. The third kappa shape index (κ3) is 4.91. The van der Waals surface area contributed by atoms with E-state index in [-0.39, 0.29) is 24.2 Å². The zero-order valence-corrected chi connectivity index (χ0v) is 17.5. The molecule has 8 nitrogen and oxygen atoms in total. The number of piperidine rings is 1. The Morgan fingerprint density at radius 3 is 2.97 bits per heavy atom. The lowest BCUT2D eigenvalue weighted by atomic mass is 9.96. The van der Waals surface area contributed by atoms with Gasteiger partial charge in [0.15, 0.2) is 0 Å². The van der Waals surface area contributed by atoms with Crippen molar-refractivity contribution < 1.29 is 14.1 Å². The molecule has 3 aromatic heterocycles. The summed E-state index contributed by atoms with van der Waals surface area (Å²) in [6, 6.07) is 9.36. The van der Waals surface area contributed by atoms with Crippen LogP contribution in [0.1, 0.15) is 30.8 Å². The van der Waals surface area contributed by atoms with Crippen LogP contribution in [0, 0.1) is 12.8 Å². The van der Waals surface area contributed by atoms with E-state index in [9.17, 15) is 9.59 Å². The van der Waals surface area contributed by atoms with E-state index >= 15 is 0 Å². The highest BCUT2D eigenvalue weighted by molar-refractivity contribution is 7.13. The molecule has 0 spiro atoms. The number of thiophene rings is 1. The van der Waals surface area contributed by atoms with Gasteiger partial charge in [0.1, 0.15) is 5.82 Å². The molecule has 3 aromatic rings. The lowest BCUT2D eigenvalue weighted by Crippen LogP contribution is -2.43. The molecule has 1 saturated heterocycles. The van der Waals surface area contributed by atoms with Crippen molar-refractivity contribution in [3.8, 4) is 10.7 Å². The topological polar surface area (TPSA) is 101 Å². The lowest BCUT2D eigenvalue weighted by molar-refractivity contribution is -0.134. The second kappa shape index (κ2) is 9.17. The van der Waals surface area contributed by atoms with Gasteiger partial charge in [0.2, 0.25) is 23.5 Å². The minimum absolute atomic E-state index is 0.00273. The smallest absolute Gasteiger partial charge is 0.230 e. The van der Waals surface area contributed by atoms with Gasteiger partial charge in [-0.1, -0.05) is 17.3 Å². The van der Waals surface area contributed by atoms with Crippen molar-refractivity contribution >= 4 is 29.0 Å². The highest BCUT2D eigenvalue weighted by Crippen LogP contribution is 2.22. The van der Waals surface area contributed by atoms with Gasteiger partial charge in [-0.2, -0.15) is 4.98 Å². The fourth-order valence-corrected chi connectivity index (χ4v) is 4.14. The molecule has 4 heterocycles. The summed E-state index contributed by atoms with van der Waals surface area (Å²) < 4.78 is 5.27. The van der Waals surface area contributed by atoms with Crippen LogP contribution in [0.2, 0.25) is 0 Å². The summed E-state index contributed by atoms with van der Waals surface area (Å²) in [5.41, 5.74) is 0.844. The van der Waals surface area contributed by atoms with Gasteiger partial charge in [-0.15, -0.1) is 11.3 Å². The SMILES string of the molecule is Cc1cccc(NC(=O)C2CCCN(C(=O)CCc3nc(-c4cccs4)no3)C2)n1. The number of aryl methyl sites for hydroxylation is 2. The average Bonchev–Trinajstić information content (AvgIpc) is 3.44. The Bertz CT molecular complexity index is 1020. The molecular formula is C21H23N5O3S. The van der Waals surface area contributed by atoms with Crippen LogP contribution >= 0.6 is 11.3 Å². The van der Waals surface area contributed by atoms with Crippen LogP contribution in [0.15, 0.2) is 40.2 Å². The standard InChI is InChI=1S/C21H23N5O3S/c1-14-5-2-8-17(22-14)23-21(28)15-6-3-11-26(13-15)19(27)10-9-18-24-20(25-29-18)16-7-4-12-30-16/h2,4-5,7-8,12,15H,3,6,9-11,13H2,1H3,(H,22,23,28). The molecule has 4 rings (SSSR count). The molecular weight excluding hydrogens is 402 g/mol. The van der Waals surface area contributed by atoms with Crippen molar-refractivity contribution in [3.63, 3.8) is 0 Å². The van der Waals surface area contributed by atoms with Crippen molar-refractivity contribution in [2.24, 2.45) is 5.92 Å². The number of nitrogens with one attached hydrogen (secondary N) is 1. The van der Waals surface area contributed by atoms with E-state index < -0.39 is 0 Å². The maximum absolute atomic E-state index is 12.7. The number of rotatable bonds is 6. The average molecular weight is 426 g/mol. The van der Waals surface area contributed by atoms with Crippen molar-refractivity contribution in [2.75, 3.05) is 18.4 Å². The number of anilines is 1. The molecule has 1 aliphatic heterocycles. The van der Waals surface area contributed by atoms with E-state index in [1.54, 1.807) is 11.0 Å². The summed E-state index contributed by atoms with van der Waals surface area (Å²) in [4.78, 5) is 36.7. The van der Waals surface area contributed by atoms with Gasteiger partial charge in [-0.25, -0.2) is 4.98 Å². The maximum atomic E-state index is 12.7. The normalized spacial score (nSPS) is 16.4. The van der Waals surface area contributed by atoms with Gasteiger partial charge in [-0.05, 0) is 43.3 Å². The molecule has 9 heteroatoms. The molecule has 1 N–H and O–H groups in total. The molecule has 1 atom stereocenters. The molecule has 0 aliphatic carbocycles. The number of likely N-dealkylation sites (tertiary alicyclic amines) is 1. The first kappa shape index (κ1) is 20.2. The second-order valence-corrected chi connectivity index (χ2v) is 8.27. The summed E-state index contributed by atoms with van der Waals surface area (Å²) in [6.45, 7) is 2.96. The van der Waals surface area contributed by atoms with Crippen molar-refractivity contribution in [1.82, 2.24) is 20.0 Å². The summed E-state index contributed by atoms with van der Waals surface area (Å²) >= 11 is 1.54. The van der Waals surface area contributed by atoms with Crippen LogP contribution in [0.5, 0.6) is 0 Å². The largest absolute Gasteiger partial charge is 0.342 e. The fraction of sp³-hybridized carbons (Fsp3) is 0.381. The molecule has 1 aliphatic rings. The van der Waals surface area contributed by atoms with Crippen LogP contribution < -0.4 is 5.32 Å². The second-order valence-electron chi connectivity index (χ2n) is 7.32. The number of amides is 2. The number of hydrogen-bond acceptors (Lipinski definition) is 7. The Balaban J connectivity index is 1.29. The number of carbonyl (C=O) groups is 2. The van der Waals surface area contributed by atoms with Gasteiger partial charge < -0.3 is 14.7 Å². The molecule has 1 fully saturated rings. The maximum Gasteiger partial charge on any atom is 0.230 e. The van der Waals surface area contributed by atoms with Gasteiger partial charge in [0.25, 0.3) is 0 Å². The van der Waals surface area contributed by atoms with Crippen molar-refractivity contribution in [2.45, 2.75) is 32.6 Å². The van der Waals surface area contributed by atoms with Gasteiger partial charge in [-0.3, -0.25) is 9.59 Å². The zero-order valence-electron chi connectivity index (χ0n) is 16.7. The minimum atomic E-state index is -0.237. The summed E-state index contributed by atoms with van der Waals surface area (Å²) in [5, 5.41) is 8.79.